The maximum atomic E-state index is 8.69. The van der Waals surface area contributed by atoms with Crippen LogP contribution in [0.25, 0.3) is 0 Å². The Morgan fingerprint density at radius 2 is 2.21 bits per heavy atom. The van der Waals surface area contributed by atoms with E-state index in [1.54, 1.807) is 0 Å². The van der Waals surface area contributed by atoms with Gasteiger partial charge in [-0.2, -0.15) is 4.80 Å². The van der Waals surface area contributed by atoms with Gasteiger partial charge in [0.15, 0.2) is 5.82 Å². The van der Waals surface area contributed by atoms with Gasteiger partial charge in [0, 0.05) is 19.1 Å². The molecule has 0 radical (unpaired) electrons. The maximum Gasteiger partial charge on any atom is 0.178 e. The van der Waals surface area contributed by atoms with Crippen LogP contribution >= 0.6 is 0 Å². The molecule has 1 aliphatic rings. The van der Waals surface area contributed by atoms with Gasteiger partial charge in [-0.15, -0.1) is 10.2 Å². The van der Waals surface area contributed by atoms with E-state index in [0.29, 0.717) is 12.5 Å². The smallest absolute Gasteiger partial charge is 0.178 e. The number of aromatic nitrogens is 4. The number of aliphatic hydroxyl groups excluding tert-OH is 1. The summed E-state index contributed by atoms with van der Waals surface area (Å²) in [6.45, 7) is 2.01. The third-order valence-corrected chi connectivity index (χ3v) is 2.35. The quantitative estimate of drug-likeness (QED) is 0.712. The van der Waals surface area contributed by atoms with E-state index in [-0.39, 0.29) is 6.61 Å². The fourth-order valence-corrected chi connectivity index (χ4v) is 1.56. The highest BCUT2D eigenvalue weighted by Crippen LogP contribution is 2.22. The van der Waals surface area contributed by atoms with Gasteiger partial charge in [0.25, 0.3) is 0 Å². The van der Waals surface area contributed by atoms with E-state index in [9.17, 15) is 0 Å². The zero-order valence-electron chi connectivity index (χ0n) is 7.96. The van der Waals surface area contributed by atoms with Crippen LogP contribution in [-0.2, 0) is 11.3 Å². The number of hydrogen-bond acceptors (Lipinski definition) is 5. The monoisotopic (exact) mass is 198 g/mol. The van der Waals surface area contributed by atoms with E-state index < -0.39 is 0 Å². The van der Waals surface area contributed by atoms with Crippen LogP contribution in [0.3, 0.4) is 0 Å². The van der Waals surface area contributed by atoms with Gasteiger partial charge in [0.1, 0.15) is 0 Å². The van der Waals surface area contributed by atoms with Gasteiger partial charge in [-0.3, -0.25) is 0 Å². The average molecular weight is 198 g/mol. The molecule has 0 aromatic carbocycles. The van der Waals surface area contributed by atoms with E-state index in [0.717, 1.165) is 31.9 Å². The summed E-state index contributed by atoms with van der Waals surface area (Å²) < 4.78 is 5.25. The predicted octanol–water partition coefficient (Wildman–Crippen LogP) is -0.441. The molecule has 1 saturated heterocycles. The van der Waals surface area contributed by atoms with Gasteiger partial charge in [-0.25, -0.2) is 0 Å². The van der Waals surface area contributed by atoms with E-state index in [1.807, 2.05) is 0 Å². The van der Waals surface area contributed by atoms with Crippen molar-refractivity contribution in [2.24, 2.45) is 0 Å². The van der Waals surface area contributed by atoms with Gasteiger partial charge in [-0.1, -0.05) is 0 Å². The largest absolute Gasteiger partial charge is 0.394 e. The number of nitrogens with zero attached hydrogens (tertiary/aromatic N) is 4. The van der Waals surface area contributed by atoms with Crippen LogP contribution < -0.4 is 0 Å². The molecule has 0 unspecified atom stereocenters. The number of rotatable bonds is 3. The highest BCUT2D eigenvalue weighted by atomic mass is 16.5. The molecule has 6 heteroatoms. The second kappa shape index (κ2) is 4.47. The zero-order valence-corrected chi connectivity index (χ0v) is 7.96. The van der Waals surface area contributed by atoms with Crippen molar-refractivity contribution in [3.8, 4) is 0 Å². The molecule has 1 aromatic rings. The highest BCUT2D eigenvalue weighted by molar-refractivity contribution is 4.92. The summed E-state index contributed by atoms with van der Waals surface area (Å²) in [6, 6.07) is 0. The lowest BCUT2D eigenvalue weighted by molar-refractivity contribution is 0.0835. The molecule has 0 atom stereocenters. The summed E-state index contributed by atoms with van der Waals surface area (Å²) in [4.78, 5) is 1.44. The SMILES string of the molecule is OCCn1nnc(C2CCOCC2)n1. The Hall–Kier alpha value is -1.01. The van der Waals surface area contributed by atoms with Crippen LogP contribution in [0.1, 0.15) is 24.6 Å². The first-order valence-corrected chi connectivity index (χ1v) is 4.86. The van der Waals surface area contributed by atoms with Crippen molar-refractivity contribution in [1.29, 1.82) is 0 Å². The van der Waals surface area contributed by atoms with Gasteiger partial charge >= 0.3 is 0 Å². The Bertz CT molecular complexity index is 283. The van der Waals surface area contributed by atoms with Crippen molar-refractivity contribution in [1.82, 2.24) is 20.2 Å². The first kappa shape index (κ1) is 9.54. The standard InChI is InChI=1S/C8H14N4O2/c13-4-3-12-10-8(9-11-12)7-1-5-14-6-2-7/h7,13H,1-6H2. The van der Waals surface area contributed by atoms with Crippen molar-refractivity contribution in [3.63, 3.8) is 0 Å². The molecular weight excluding hydrogens is 184 g/mol. The second-order valence-electron chi connectivity index (χ2n) is 3.35. The summed E-state index contributed by atoms with van der Waals surface area (Å²) in [5.74, 6) is 1.15. The van der Waals surface area contributed by atoms with Gasteiger partial charge < -0.3 is 9.84 Å². The number of ether oxygens (including phenoxy) is 1. The van der Waals surface area contributed by atoms with Crippen LogP contribution in [0.5, 0.6) is 0 Å². The lowest BCUT2D eigenvalue weighted by atomic mass is 10.0. The number of tetrazole rings is 1. The normalized spacial score (nSPS) is 18.6. The van der Waals surface area contributed by atoms with Gasteiger partial charge in [0.2, 0.25) is 0 Å². The molecule has 0 aliphatic carbocycles. The summed E-state index contributed by atoms with van der Waals surface area (Å²) in [7, 11) is 0. The topological polar surface area (TPSA) is 73.1 Å². The molecule has 78 valence electrons. The van der Waals surface area contributed by atoms with Crippen molar-refractivity contribution in [2.45, 2.75) is 25.3 Å². The minimum Gasteiger partial charge on any atom is -0.394 e. The maximum absolute atomic E-state index is 8.69. The Balaban J connectivity index is 2.00. The van der Waals surface area contributed by atoms with Crippen molar-refractivity contribution in [2.75, 3.05) is 19.8 Å². The third kappa shape index (κ3) is 2.08. The Kier molecular flexibility index (Phi) is 3.05. The lowest BCUT2D eigenvalue weighted by Gasteiger charge is -2.18. The van der Waals surface area contributed by atoms with E-state index in [4.69, 9.17) is 9.84 Å². The average Bonchev–Trinajstić information content (AvgIpc) is 2.68. The van der Waals surface area contributed by atoms with Crippen molar-refractivity contribution in [3.05, 3.63) is 5.82 Å². The van der Waals surface area contributed by atoms with Crippen molar-refractivity contribution < 1.29 is 9.84 Å². The Morgan fingerprint density at radius 1 is 1.43 bits per heavy atom. The molecule has 1 N–H and O–H groups in total. The fourth-order valence-electron chi connectivity index (χ4n) is 1.56. The van der Waals surface area contributed by atoms with Gasteiger partial charge in [0.05, 0.1) is 13.2 Å². The molecule has 1 fully saturated rings. The van der Waals surface area contributed by atoms with Crippen LogP contribution in [0.4, 0.5) is 0 Å². The van der Waals surface area contributed by atoms with Crippen LogP contribution in [-0.4, -0.2) is 45.1 Å². The van der Waals surface area contributed by atoms with Crippen LogP contribution in [0.15, 0.2) is 0 Å². The summed E-state index contributed by atoms with van der Waals surface area (Å²) in [6.07, 6.45) is 1.93. The van der Waals surface area contributed by atoms with Crippen LogP contribution in [0, 0.1) is 0 Å². The molecule has 6 nitrogen and oxygen atoms in total. The molecule has 1 aromatic heterocycles. The predicted molar refractivity (Wildman–Crippen MR) is 47.7 cm³/mol. The zero-order chi connectivity index (χ0) is 9.80. The molecule has 0 spiro atoms. The Morgan fingerprint density at radius 3 is 2.93 bits per heavy atom. The summed E-state index contributed by atoms with van der Waals surface area (Å²) in [5.41, 5.74) is 0. The molecule has 0 bridgehead atoms. The Labute approximate surface area is 81.9 Å². The minimum absolute atomic E-state index is 0.0452. The van der Waals surface area contributed by atoms with E-state index >= 15 is 0 Å². The molecule has 14 heavy (non-hydrogen) atoms. The molecule has 0 amide bonds. The molecule has 1 aliphatic heterocycles. The minimum atomic E-state index is 0.0452. The van der Waals surface area contributed by atoms with Gasteiger partial charge in [-0.05, 0) is 18.1 Å². The third-order valence-electron chi connectivity index (χ3n) is 2.35. The molecule has 0 saturated carbocycles. The molecule has 2 heterocycles. The highest BCUT2D eigenvalue weighted by Gasteiger charge is 2.20. The van der Waals surface area contributed by atoms with E-state index in [2.05, 4.69) is 15.4 Å². The lowest BCUT2D eigenvalue weighted by Crippen LogP contribution is -2.15. The molecular formula is C8H14N4O2. The first-order valence-electron chi connectivity index (χ1n) is 4.86. The summed E-state index contributed by atoms with van der Waals surface area (Å²) in [5, 5.41) is 20.7. The number of aliphatic hydroxyl groups is 1. The fraction of sp³-hybridized carbons (Fsp3) is 0.875. The second-order valence-corrected chi connectivity index (χ2v) is 3.35. The first-order chi connectivity index (χ1) is 6.90. The van der Waals surface area contributed by atoms with Crippen LogP contribution in [0.2, 0.25) is 0 Å². The summed E-state index contributed by atoms with van der Waals surface area (Å²) >= 11 is 0. The number of hydrogen-bond donors (Lipinski definition) is 1. The molecule has 2 rings (SSSR count). The van der Waals surface area contributed by atoms with E-state index in [1.165, 1.54) is 4.80 Å². The van der Waals surface area contributed by atoms with Crippen molar-refractivity contribution >= 4 is 0 Å².